The maximum atomic E-state index is 12.3. The molecule has 1 aromatic carbocycles. The number of halogens is 2. The number of benzene rings is 1. The fourth-order valence-corrected chi connectivity index (χ4v) is 3.10. The quantitative estimate of drug-likeness (QED) is 0.918. The van der Waals surface area contributed by atoms with Gasteiger partial charge in [0.15, 0.2) is 5.82 Å². The first-order valence-electron chi connectivity index (χ1n) is 6.94. The van der Waals surface area contributed by atoms with E-state index in [0.717, 1.165) is 0 Å². The van der Waals surface area contributed by atoms with E-state index >= 15 is 0 Å². The second-order valence-electron chi connectivity index (χ2n) is 5.29. The van der Waals surface area contributed by atoms with Crippen LogP contribution in [0.2, 0.25) is 10.0 Å². The lowest BCUT2D eigenvalue weighted by molar-refractivity contribution is -0.122. The molecule has 1 fully saturated rings. The predicted molar refractivity (Wildman–Crippen MR) is 86.8 cm³/mol. The number of anilines is 2. The molecule has 8 heteroatoms. The van der Waals surface area contributed by atoms with Crippen molar-refractivity contribution in [3.05, 3.63) is 40.1 Å². The van der Waals surface area contributed by atoms with Crippen LogP contribution in [-0.2, 0) is 9.59 Å². The topological polar surface area (TPSA) is 75.4 Å². The molecule has 0 spiro atoms. The molecular weight excluding hydrogens is 341 g/mol. The van der Waals surface area contributed by atoms with E-state index in [-0.39, 0.29) is 24.8 Å². The molecule has 0 radical (unpaired) electrons. The minimum absolute atomic E-state index is 0.0875. The zero-order valence-corrected chi connectivity index (χ0v) is 13.7. The molecule has 1 aromatic heterocycles. The SMILES string of the molecule is Cc1cc(NC(=O)C2CC(=O)N(c3c(Cl)cccc3Cl)C2)no1. The summed E-state index contributed by atoms with van der Waals surface area (Å²) in [6, 6.07) is 6.62. The summed E-state index contributed by atoms with van der Waals surface area (Å²) < 4.78 is 4.89. The van der Waals surface area contributed by atoms with Gasteiger partial charge in [-0.3, -0.25) is 9.59 Å². The molecule has 2 amide bonds. The van der Waals surface area contributed by atoms with E-state index in [4.69, 9.17) is 27.7 Å². The minimum Gasteiger partial charge on any atom is -0.360 e. The molecule has 1 unspecified atom stereocenters. The average Bonchev–Trinajstić information content (AvgIpc) is 3.06. The molecule has 1 N–H and O–H groups in total. The standard InChI is InChI=1S/C15H13Cl2N3O3/c1-8-5-12(19-23-8)18-15(22)9-6-13(21)20(7-9)14-10(16)3-2-4-11(14)17/h2-5,9H,6-7H2,1H3,(H,18,19,22). The first-order chi connectivity index (χ1) is 11.0. The molecule has 1 aliphatic rings. The van der Waals surface area contributed by atoms with Crippen LogP contribution in [0, 0.1) is 12.8 Å². The van der Waals surface area contributed by atoms with Gasteiger partial charge in [0.2, 0.25) is 11.8 Å². The van der Waals surface area contributed by atoms with Crippen molar-refractivity contribution in [3.63, 3.8) is 0 Å². The maximum absolute atomic E-state index is 12.3. The molecule has 23 heavy (non-hydrogen) atoms. The lowest BCUT2D eigenvalue weighted by atomic mass is 10.1. The number of para-hydroxylation sites is 1. The number of carbonyl (C=O) groups is 2. The van der Waals surface area contributed by atoms with Crippen LogP contribution in [0.3, 0.4) is 0 Å². The van der Waals surface area contributed by atoms with E-state index in [0.29, 0.717) is 27.3 Å². The third kappa shape index (κ3) is 3.18. The lowest BCUT2D eigenvalue weighted by Crippen LogP contribution is -2.28. The Hall–Kier alpha value is -2.05. The Labute approximate surface area is 142 Å². The zero-order valence-electron chi connectivity index (χ0n) is 12.2. The van der Waals surface area contributed by atoms with Gasteiger partial charge in [-0.25, -0.2) is 0 Å². The summed E-state index contributed by atoms with van der Waals surface area (Å²) in [7, 11) is 0. The summed E-state index contributed by atoms with van der Waals surface area (Å²) in [4.78, 5) is 26.0. The summed E-state index contributed by atoms with van der Waals surface area (Å²) in [5.74, 6) is -0.0814. The van der Waals surface area contributed by atoms with Crippen LogP contribution < -0.4 is 10.2 Å². The van der Waals surface area contributed by atoms with Gasteiger partial charge in [0.25, 0.3) is 0 Å². The van der Waals surface area contributed by atoms with Gasteiger partial charge in [0.1, 0.15) is 5.76 Å². The van der Waals surface area contributed by atoms with Gasteiger partial charge >= 0.3 is 0 Å². The Morgan fingerprint density at radius 1 is 1.39 bits per heavy atom. The second-order valence-corrected chi connectivity index (χ2v) is 6.10. The largest absolute Gasteiger partial charge is 0.360 e. The number of hydrogen-bond donors (Lipinski definition) is 1. The van der Waals surface area contributed by atoms with Crippen molar-refractivity contribution < 1.29 is 14.1 Å². The highest BCUT2D eigenvalue weighted by Gasteiger charge is 2.37. The van der Waals surface area contributed by atoms with E-state index in [9.17, 15) is 9.59 Å². The van der Waals surface area contributed by atoms with E-state index in [2.05, 4.69) is 10.5 Å². The monoisotopic (exact) mass is 353 g/mol. The summed E-state index contributed by atoms with van der Waals surface area (Å²) in [6.07, 6.45) is 0.0875. The van der Waals surface area contributed by atoms with E-state index in [1.54, 1.807) is 31.2 Å². The fourth-order valence-electron chi connectivity index (χ4n) is 2.50. The maximum Gasteiger partial charge on any atom is 0.231 e. The molecule has 2 heterocycles. The van der Waals surface area contributed by atoms with Gasteiger partial charge in [-0.2, -0.15) is 0 Å². The van der Waals surface area contributed by atoms with Crippen LogP contribution in [0.15, 0.2) is 28.8 Å². The number of aryl methyl sites for hydroxylation is 1. The van der Waals surface area contributed by atoms with Crippen LogP contribution in [0.1, 0.15) is 12.2 Å². The van der Waals surface area contributed by atoms with Gasteiger partial charge in [-0.1, -0.05) is 34.4 Å². The molecule has 1 aliphatic heterocycles. The van der Waals surface area contributed by atoms with Crippen LogP contribution in [0.5, 0.6) is 0 Å². The third-order valence-corrected chi connectivity index (χ3v) is 4.19. The van der Waals surface area contributed by atoms with Gasteiger partial charge in [-0.15, -0.1) is 0 Å². The van der Waals surface area contributed by atoms with Crippen molar-refractivity contribution in [2.75, 3.05) is 16.8 Å². The number of hydrogen-bond acceptors (Lipinski definition) is 4. The molecule has 1 atom stereocenters. The van der Waals surface area contributed by atoms with Crippen LogP contribution in [-0.4, -0.2) is 23.5 Å². The number of aromatic nitrogens is 1. The van der Waals surface area contributed by atoms with Crippen molar-refractivity contribution in [3.8, 4) is 0 Å². The molecule has 120 valence electrons. The van der Waals surface area contributed by atoms with E-state index < -0.39 is 5.92 Å². The van der Waals surface area contributed by atoms with Crippen LogP contribution in [0.25, 0.3) is 0 Å². The molecule has 0 bridgehead atoms. The van der Waals surface area contributed by atoms with Crippen molar-refractivity contribution in [1.29, 1.82) is 0 Å². The lowest BCUT2D eigenvalue weighted by Gasteiger charge is -2.19. The van der Waals surface area contributed by atoms with Crippen molar-refractivity contribution >= 4 is 46.5 Å². The van der Waals surface area contributed by atoms with Gasteiger partial charge < -0.3 is 14.7 Å². The molecule has 6 nitrogen and oxygen atoms in total. The van der Waals surface area contributed by atoms with Crippen molar-refractivity contribution in [1.82, 2.24) is 5.16 Å². The highest BCUT2D eigenvalue weighted by atomic mass is 35.5. The highest BCUT2D eigenvalue weighted by molar-refractivity contribution is 6.40. The Bertz CT molecular complexity index is 755. The van der Waals surface area contributed by atoms with Gasteiger partial charge in [0, 0.05) is 19.0 Å². The van der Waals surface area contributed by atoms with E-state index in [1.165, 1.54) is 4.90 Å². The first-order valence-corrected chi connectivity index (χ1v) is 7.70. The first kappa shape index (κ1) is 15.8. The molecular formula is C15H13Cl2N3O3. The summed E-state index contributed by atoms with van der Waals surface area (Å²) >= 11 is 12.3. The van der Waals surface area contributed by atoms with Crippen LogP contribution >= 0.6 is 23.2 Å². The Morgan fingerprint density at radius 2 is 2.09 bits per heavy atom. The predicted octanol–water partition coefficient (Wildman–Crippen LogP) is 3.28. The molecule has 0 aliphatic carbocycles. The second kappa shape index (κ2) is 6.22. The number of amides is 2. The average molecular weight is 354 g/mol. The molecule has 3 rings (SSSR count). The fraction of sp³-hybridized carbons (Fsp3) is 0.267. The number of carbonyl (C=O) groups excluding carboxylic acids is 2. The summed E-state index contributed by atoms with van der Waals surface area (Å²) in [5.41, 5.74) is 0.438. The number of rotatable bonds is 3. The number of nitrogens with one attached hydrogen (secondary N) is 1. The van der Waals surface area contributed by atoms with E-state index in [1.807, 2.05) is 0 Å². The Morgan fingerprint density at radius 3 is 2.70 bits per heavy atom. The molecule has 2 aromatic rings. The Kier molecular flexibility index (Phi) is 4.28. The minimum atomic E-state index is -0.508. The zero-order chi connectivity index (χ0) is 16.6. The Balaban J connectivity index is 1.76. The molecule has 0 saturated carbocycles. The summed E-state index contributed by atoms with van der Waals surface area (Å²) in [6.45, 7) is 1.94. The summed E-state index contributed by atoms with van der Waals surface area (Å²) in [5, 5.41) is 7.09. The molecule has 1 saturated heterocycles. The van der Waals surface area contributed by atoms with Gasteiger partial charge in [-0.05, 0) is 19.1 Å². The normalized spacial score (nSPS) is 17.6. The van der Waals surface area contributed by atoms with Gasteiger partial charge in [0.05, 0.1) is 21.7 Å². The number of nitrogens with zero attached hydrogens (tertiary/aromatic N) is 2. The highest BCUT2D eigenvalue weighted by Crippen LogP contribution is 2.37. The smallest absolute Gasteiger partial charge is 0.231 e. The third-order valence-electron chi connectivity index (χ3n) is 3.58. The van der Waals surface area contributed by atoms with Crippen molar-refractivity contribution in [2.24, 2.45) is 5.92 Å². The van der Waals surface area contributed by atoms with Crippen LogP contribution in [0.4, 0.5) is 11.5 Å². The van der Waals surface area contributed by atoms with Crippen molar-refractivity contribution in [2.45, 2.75) is 13.3 Å².